The zero-order chi connectivity index (χ0) is 12.9. The summed E-state index contributed by atoms with van der Waals surface area (Å²) in [6, 6.07) is 7.25. The number of sulfone groups is 1. The number of rotatable bonds is 6. The minimum absolute atomic E-state index is 0.403. The number of benzene rings is 1. The minimum Gasteiger partial charge on any atom is -0.330 e. The molecule has 0 aliphatic rings. The van der Waals surface area contributed by atoms with E-state index in [1.54, 1.807) is 12.1 Å². The summed E-state index contributed by atoms with van der Waals surface area (Å²) in [6.07, 6.45) is 4.24. The highest BCUT2D eigenvalue weighted by molar-refractivity contribution is 7.90. The lowest BCUT2D eigenvalue weighted by Gasteiger charge is -2.15. The fraction of sp³-hybridized carbons (Fsp3) is 0.538. The van der Waals surface area contributed by atoms with Gasteiger partial charge in [-0.3, -0.25) is 0 Å². The van der Waals surface area contributed by atoms with Gasteiger partial charge in [-0.05, 0) is 49.4 Å². The first-order valence-corrected chi connectivity index (χ1v) is 7.88. The SMILES string of the molecule is CCC(CCCN)c1cccc(S(C)(=O)=O)c1. The monoisotopic (exact) mass is 255 g/mol. The van der Waals surface area contributed by atoms with Gasteiger partial charge in [0.2, 0.25) is 0 Å². The first-order valence-electron chi connectivity index (χ1n) is 5.99. The standard InChI is InChI=1S/C13H21NO2S/c1-3-11(7-5-9-14)12-6-4-8-13(10-12)17(2,15)16/h4,6,8,10-11H,3,5,7,9,14H2,1-2H3. The quantitative estimate of drug-likeness (QED) is 0.848. The Balaban J connectivity index is 2.97. The van der Waals surface area contributed by atoms with Gasteiger partial charge in [0, 0.05) is 6.26 Å². The summed E-state index contributed by atoms with van der Waals surface area (Å²) in [7, 11) is -3.11. The van der Waals surface area contributed by atoms with Crippen molar-refractivity contribution in [2.24, 2.45) is 5.73 Å². The molecular formula is C13H21NO2S. The van der Waals surface area contributed by atoms with Crippen LogP contribution in [0.5, 0.6) is 0 Å². The normalized spacial score (nSPS) is 13.6. The Morgan fingerprint density at radius 3 is 2.59 bits per heavy atom. The molecule has 4 heteroatoms. The molecule has 0 aliphatic carbocycles. The molecule has 0 fully saturated rings. The van der Waals surface area contributed by atoms with Crippen LogP contribution in [0.25, 0.3) is 0 Å². The number of hydrogen-bond donors (Lipinski definition) is 1. The summed E-state index contributed by atoms with van der Waals surface area (Å²) >= 11 is 0. The number of hydrogen-bond acceptors (Lipinski definition) is 3. The van der Waals surface area contributed by atoms with Crippen molar-refractivity contribution in [1.82, 2.24) is 0 Å². The maximum atomic E-state index is 11.5. The van der Waals surface area contributed by atoms with E-state index in [2.05, 4.69) is 6.92 Å². The topological polar surface area (TPSA) is 60.2 Å². The van der Waals surface area contributed by atoms with Gasteiger partial charge in [-0.2, -0.15) is 0 Å². The van der Waals surface area contributed by atoms with Crippen molar-refractivity contribution in [3.8, 4) is 0 Å². The molecule has 0 radical (unpaired) electrons. The van der Waals surface area contributed by atoms with Crippen LogP contribution < -0.4 is 5.73 Å². The zero-order valence-electron chi connectivity index (χ0n) is 10.5. The molecular weight excluding hydrogens is 234 g/mol. The average Bonchev–Trinajstić information content (AvgIpc) is 2.29. The molecule has 2 N–H and O–H groups in total. The van der Waals surface area contributed by atoms with Crippen molar-refractivity contribution >= 4 is 9.84 Å². The third-order valence-corrected chi connectivity index (χ3v) is 4.12. The van der Waals surface area contributed by atoms with Crippen molar-refractivity contribution in [3.05, 3.63) is 29.8 Å². The summed E-state index contributed by atoms with van der Waals surface area (Å²) in [5.74, 6) is 0.403. The average molecular weight is 255 g/mol. The maximum absolute atomic E-state index is 11.5. The largest absolute Gasteiger partial charge is 0.330 e. The second kappa shape index (κ2) is 6.17. The van der Waals surface area contributed by atoms with Gasteiger partial charge in [-0.1, -0.05) is 19.1 Å². The van der Waals surface area contributed by atoms with E-state index in [1.165, 1.54) is 6.26 Å². The van der Waals surface area contributed by atoms with Crippen molar-refractivity contribution in [2.45, 2.75) is 37.0 Å². The van der Waals surface area contributed by atoms with Gasteiger partial charge in [-0.15, -0.1) is 0 Å². The Hall–Kier alpha value is -0.870. The molecule has 0 saturated heterocycles. The molecule has 0 bridgehead atoms. The highest BCUT2D eigenvalue weighted by atomic mass is 32.2. The molecule has 1 atom stereocenters. The van der Waals surface area contributed by atoms with Gasteiger partial charge in [0.1, 0.15) is 0 Å². The van der Waals surface area contributed by atoms with Gasteiger partial charge in [0.25, 0.3) is 0 Å². The summed E-state index contributed by atoms with van der Waals surface area (Å²) < 4.78 is 23.0. The van der Waals surface area contributed by atoms with E-state index in [9.17, 15) is 8.42 Å². The molecule has 1 rings (SSSR count). The molecule has 1 aromatic carbocycles. The predicted molar refractivity (Wildman–Crippen MR) is 70.9 cm³/mol. The summed E-state index contributed by atoms with van der Waals surface area (Å²) in [5, 5.41) is 0. The van der Waals surface area contributed by atoms with E-state index < -0.39 is 9.84 Å². The van der Waals surface area contributed by atoms with Crippen LogP contribution in [0.3, 0.4) is 0 Å². The summed E-state index contributed by atoms with van der Waals surface area (Å²) in [6.45, 7) is 2.80. The first kappa shape index (κ1) is 14.2. The van der Waals surface area contributed by atoms with Gasteiger partial charge >= 0.3 is 0 Å². The molecule has 0 spiro atoms. The zero-order valence-corrected chi connectivity index (χ0v) is 11.3. The lowest BCUT2D eigenvalue weighted by atomic mass is 9.92. The fourth-order valence-corrected chi connectivity index (χ4v) is 2.65. The lowest BCUT2D eigenvalue weighted by Crippen LogP contribution is -2.05. The van der Waals surface area contributed by atoms with E-state index in [4.69, 9.17) is 5.73 Å². The Bertz CT molecular complexity index is 454. The number of nitrogens with two attached hydrogens (primary N) is 1. The highest BCUT2D eigenvalue weighted by Crippen LogP contribution is 2.26. The van der Waals surface area contributed by atoms with Gasteiger partial charge in [0.05, 0.1) is 4.90 Å². The van der Waals surface area contributed by atoms with Crippen LogP contribution >= 0.6 is 0 Å². The van der Waals surface area contributed by atoms with Gasteiger partial charge in [0.15, 0.2) is 9.84 Å². The van der Waals surface area contributed by atoms with Gasteiger partial charge < -0.3 is 5.73 Å². The fourth-order valence-electron chi connectivity index (χ4n) is 1.97. The van der Waals surface area contributed by atoms with Crippen LogP contribution in [0.2, 0.25) is 0 Å². The molecule has 0 aromatic heterocycles. The first-order chi connectivity index (χ1) is 7.99. The minimum atomic E-state index is -3.11. The molecule has 0 saturated carbocycles. The van der Waals surface area contributed by atoms with Crippen molar-refractivity contribution in [1.29, 1.82) is 0 Å². The second-order valence-corrected chi connectivity index (χ2v) is 6.40. The third kappa shape index (κ3) is 4.13. The highest BCUT2D eigenvalue weighted by Gasteiger charge is 2.12. The second-order valence-electron chi connectivity index (χ2n) is 4.38. The van der Waals surface area contributed by atoms with Crippen LogP contribution in [0.15, 0.2) is 29.2 Å². The molecule has 0 amide bonds. The van der Waals surface area contributed by atoms with Crippen LogP contribution in [-0.2, 0) is 9.84 Å². The summed E-state index contributed by atoms with van der Waals surface area (Å²) in [4.78, 5) is 0.404. The van der Waals surface area contributed by atoms with Crippen molar-refractivity contribution in [3.63, 3.8) is 0 Å². The molecule has 1 aromatic rings. The Morgan fingerprint density at radius 2 is 2.06 bits per heavy atom. The Morgan fingerprint density at radius 1 is 1.35 bits per heavy atom. The van der Waals surface area contributed by atoms with E-state index >= 15 is 0 Å². The predicted octanol–water partition coefficient (Wildman–Crippen LogP) is 2.32. The van der Waals surface area contributed by atoms with Crippen LogP contribution in [0.1, 0.15) is 37.7 Å². The van der Waals surface area contributed by atoms with E-state index in [-0.39, 0.29) is 0 Å². The smallest absolute Gasteiger partial charge is 0.175 e. The maximum Gasteiger partial charge on any atom is 0.175 e. The van der Waals surface area contributed by atoms with E-state index in [0.29, 0.717) is 17.4 Å². The Labute approximate surface area is 104 Å². The molecule has 3 nitrogen and oxygen atoms in total. The van der Waals surface area contributed by atoms with E-state index in [0.717, 1.165) is 24.8 Å². The van der Waals surface area contributed by atoms with Gasteiger partial charge in [-0.25, -0.2) is 8.42 Å². The lowest BCUT2D eigenvalue weighted by molar-refractivity contribution is 0.578. The van der Waals surface area contributed by atoms with E-state index in [1.807, 2.05) is 12.1 Å². The third-order valence-electron chi connectivity index (χ3n) is 3.01. The van der Waals surface area contributed by atoms with Crippen LogP contribution in [0.4, 0.5) is 0 Å². The molecule has 0 aliphatic heterocycles. The van der Waals surface area contributed by atoms with Crippen LogP contribution in [-0.4, -0.2) is 21.2 Å². The molecule has 1 unspecified atom stereocenters. The summed E-state index contributed by atoms with van der Waals surface area (Å²) in [5.41, 5.74) is 6.61. The van der Waals surface area contributed by atoms with Crippen LogP contribution in [0, 0.1) is 0 Å². The molecule has 96 valence electrons. The molecule has 17 heavy (non-hydrogen) atoms. The van der Waals surface area contributed by atoms with Crippen molar-refractivity contribution < 1.29 is 8.42 Å². The Kier molecular flexibility index (Phi) is 5.15. The molecule has 0 heterocycles. The van der Waals surface area contributed by atoms with Crippen molar-refractivity contribution in [2.75, 3.05) is 12.8 Å².